The fourth-order valence-electron chi connectivity index (χ4n) is 4.16. The second-order valence-corrected chi connectivity index (χ2v) is 7.61. The molecule has 1 atom stereocenters. The smallest absolute Gasteiger partial charge is 0.243 e. The van der Waals surface area contributed by atoms with Gasteiger partial charge in [0.25, 0.3) is 0 Å². The molecule has 2 fully saturated rings. The van der Waals surface area contributed by atoms with Crippen LogP contribution in [0.2, 0.25) is 0 Å². The lowest BCUT2D eigenvalue weighted by Crippen LogP contribution is -2.50. The number of hydrogen-bond donors (Lipinski definition) is 2. The zero-order valence-corrected chi connectivity index (χ0v) is 16.4. The Morgan fingerprint density at radius 3 is 2.63 bits per heavy atom. The zero-order chi connectivity index (χ0) is 19.1. The highest BCUT2D eigenvalue weighted by atomic mass is 16.2. The van der Waals surface area contributed by atoms with Crippen molar-refractivity contribution in [3.8, 4) is 0 Å². The fraction of sp³-hybridized carbons (Fsp3) is 0.619. The first-order valence-electron chi connectivity index (χ1n) is 10.3. The van der Waals surface area contributed by atoms with Crippen molar-refractivity contribution in [3.05, 3.63) is 29.8 Å². The van der Waals surface area contributed by atoms with Gasteiger partial charge in [-0.15, -0.1) is 0 Å². The average molecular weight is 373 g/mol. The Labute approximate surface area is 162 Å². The van der Waals surface area contributed by atoms with E-state index in [1.54, 1.807) is 0 Å². The zero-order valence-electron chi connectivity index (χ0n) is 16.4. The molecule has 0 aliphatic carbocycles. The van der Waals surface area contributed by atoms with Crippen LogP contribution >= 0.6 is 0 Å². The van der Waals surface area contributed by atoms with Crippen LogP contribution in [0.15, 0.2) is 24.3 Å². The lowest BCUT2D eigenvalue weighted by molar-refractivity contribution is -0.125. The first kappa shape index (κ1) is 19.8. The molecule has 1 unspecified atom stereocenters. The van der Waals surface area contributed by atoms with Crippen molar-refractivity contribution in [2.45, 2.75) is 45.1 Å². The molecular weight excluding hydrogens is 340 g/mol. The van der Waals surface area contributed by atoms with Crippen molar-refractivity contribution < 1.29 is 9.59 Å². The van der Waals surface area contributed by atoms with Crippen LogP contribution in [0.1, 0.15) is 38.2 Å². The summed E-state index contributed by atoms with van der Waals surface area (Å²) < 4.78 is 0. The van der Waals surface area contributed by atoms with E-state index in [1.807, 2.05) is 24.3 Å². The number of para-hydroxylation sites is 1. The highest BCUT2D eigenvalue weighted by Crippen LogP contribution is 2.20. The monoisotopic (exact) mass is 372 g/mol. The molecule has 3 rings (SSSR count). The highest BCUT2D eigenvalue weighted by Gasteiger charge is 2.27. The molecule has 0 radical (unpaired) electrons. The predicted octanol–water partition coefficient (Wildman–Crippen LogP) is 1.86. The molecule has 1 aromatic carbocycles. The number of aryl methyl sites for hydroxylation is 1. The Hall–Kier alpha value is -1.92. The minimum absolute atomic E-state index is 0.0142. The minimum Gasteiger partial charge on any atom is -0.346 e. The molecule has 0 spiro atoms. The molecule has 1 aromatic rings. The van der Waals surface area contributed by atoms with Crippen LogP contribution < -0.4 is 10.6 Å². The van der Waals surface area contributed by atoms with Gasteiger partial charge in [-0.3, -0.25) is 19.4 Å². The summed E-state index contributed by atoms with van der Waals surface area (Å²) in [4.78, 5) is 29.2. The number of anilines is 1. The van der Waals surface area contributed by atoms with E-state index in [2.05, 4.69) is 27.4 Å². The summed E-state index contributed by atoms with van der Waals surface area (Å²) in [5.74, 6) is -0.256. The Balaban J connectivity index is 1.40. The molecule has 0 bridgehead atoms. The van der Waals surface area contributed by atoms with Gasteiger partial charge in [-0.1, -0.05) is 25.1 Å². The number of rotatable bonds is 7. The summed E-state index contributed by atoms with van der Waals surface area (Å²) in [6.45, 7) is 6.77. The van der Waals surface area contributed by atoms with Crippen LogP contribution in [0, 0.1) is 0 Å². The van der Waals surface area contributed by atoms with E-state index in [0.717, 1.165) is 37.2 Å². The molecule has 0 aromatic heterocycles. The fourth-order valence-corrected chi connectivity index (χ4v) is 4.16. The van der Waals surface area contributed by atoms with Crippen molar-refractivity contribution in [1.29, 1.82) is 0 Å². The summed E-state index contributed by atoms with van der Waals surface area (Å²) in [6, 6.07) is 8.35. The molecule has 6 heteroatoms. The van der Waals surface area contributed by atoms with Crippen LogP contribution in [-0.4, -0.2) is 66.9 Å². The lowest BCUT2D eigenvalue weighted by atomic mass is 10.0. The van der Waals surface area contributed by atoms with E-state index in [0.29, 0.717) is 12.6 Å². The second-order valence-electron chi connectivity index (χ2n) is 7.61. The molecule has 2 aliphatic rings. The van der Waals surface area contributed by atoms with E-state index in [9.17, 15) is 9.59 Å². The first-order chi connectivity index (χ1) is 13.2. The van der Waals surface area contributed by atoms with Crippen molar-refractivity contribution in [3.63, 3.8) is 0 Å². The lowest BCUT2D eigenvalue weighted by Gasteiger charge is -2.37. The Bertz CT molecular complexity index is 643. The number of benzene rings is 1. The highest BCUT2D eigenvalue weighted by molar-refractivity contribution is 5.95. The Kier molecular flexibility index (Phi) is 7.24. The standard InChI is InChI=1S/C21H32N4O2/c1-2-17-8-3-4-10-19(17)23-20(26)14-22-21(27)16-24-11-7-9-18(15-24)25-12-5-6-13-25/h3-4,8,10,18H,2,5-7,9,11-16H2,1H3,(H,22,27)(H,23,26). The number of nitrogens with zero attached hydrogens (tertiary/aromatic N) is 2. The molecule has 2 aliphatic heterocycles. The van der Waals surface area contributed by atoms with Crippen molar-refractivity contribution in [2.75, 3.05) is 44.6 Å². The minimum atomic E-state index is -0.183. The van der Waals surface area contributed by atoms with Gasteiger partial charge in [-0.05, 0) is 63.4 Å². The molecule has 27 heavy (non-hydrogen) atoms. The molecule has 148 valence electrons. The summed E-state index contributed by atoms with van der Waals surface area (Å²) in [5, 5.41) is 5.66. The molecule has 6 nitrogen and oxygen atoms in total. The van der Waals surface area contributed by atoms with Gasteiger partial charge in [0.15, 0.2) is 0 Å². The van der Waals surface area contributed by atoms with Crippen LogP contribution in [0.4, 0.5) is 5.69 Å². The average Bonchev–Trinajstić information content (AvgIpc) is 3.22. The normalized spacial score (nSPS) is 21.1. The third-order valence-corrected chi connectivity index (χ3v) is 5.62. The number of carbonyl (C=O) groups is 2. The van der Waals surface area contributed by atoms with E-state index < -0.39 is 0 Å². The van der Waals surface area contributed by atoms with Crippen LogP contribution in [0.25, 0.3) is 0 Å². The maximum atomic E-state index is 12.3. The van der Waals surface area contributed by atoms with Crippen molar-refractivity contribution in [1.82, 2.24) is 15.1 Å². The van der Waals surface area contributed by atoms with Gasteiger partial charge in [0.2, 0.25) is 11.8 Å². The number of likely N-dealkylation sites (tertiary alicyclic amines) is 2. The summed E-state index contributed by atoms with van der Waals surface area (Å²) in [7, 11) is 0. The molecule has 2 heterocycles. The molecular formula is C21H32N4O2. The van der Waals surface area contributed by atoms with Gasteiger partial charge in [-0.25, -0.2) is 0 Å². The molecule has 2 amide bonds. The van der Waals surface area contributed by atoms with Gasteiger partial charge in [-0.2, -0.15) is 0 Å². The van der Waals surface area contributed by atoms with Gasteiger partial charge in [0, 0.05) is 18.3 Å². The van der Waals surface area contributed by atoms with E-state index in [-0.39, 0.29) is 18.4 Å². The van der Waals surface area contributed by atoms with Gasteiger partial charge in [0.05, 0.1) is 13.1 Å². The SMILES string of the molecule is CCc1ccccc1NC(=O)CNC(=O)CN1CCCC(N2CCCC2)C1. The van der Waals surface area contributed by atoms with E-state index in [4.69, 9.17) is 0 Å². The van der Waals surface area contributed by atoms with Crippen molar-refractivity contribution >= 4 is 17.5 Å². The maximum absolute atomic E-state index is 12.3. The second kappa shape index (κ2) is 9.85. The first-order valence-corrected chi connectivity index (χ1v) is 10.3. The number of piperidine rings is 1. The third-order valence-electron chi connectivity index (χ3n) is 5.62. The molecule has 0 saturated carbocycles. The van der Waals surface area contributed by atoms with Gasteiger partial charge in [0.1, 0.15) is 0 Å². The molecule has 2 N–H and O–H groups in total. The maximum Gasteiger partial charge on any atom is 0.243 e. The van der Waals surface area contributed by atoms with E-state index >= 15 is 0 Å². The molecule has 2 saturated heterocycles. The summed E-state index contributed by atoms with van der Waals surface area (Å²) in [6.07, 6.45) is 5.83. The number of nitrogens with one attached hydrogen (secondary N) is 2. The van der Waals surface area contributed by atoms with Crippen LogP contribution in [0.3, 0.4) is 0 Å². The summed E-state index contributed by atoms with van der Waals surface area (Å²) >= 11 is 0. The van der Waals surface area contributed by atoms with Crippen LogP contribution in [0.5, 0.6) is 0 Å². The quantitative estimate of drug-likeness (QED) is 0.767. The van der Waals surface area contributed by atoms with E-state index in [1.165, 1.54) is 32.4 Å². The van der Waals surface area contributed by atoms with Gasteiger partial charge >= 0.3 is 0 Å². The Morgan fingerprint density at radius 2 is 1.85 bits per heavy atom. The van der Waals surface area contributed by atoms with Crippen molar-refractivity contribution in [2.24, 2.45) is 0 Å². The number of amides is 2. The predicted molar refractivity (Wildman–Crippen MR) is 108 cm³/mol. The number of carbonyl (C=O) groups excluding carboxylic acids is 2. The van der Waals surface area contributed by atoms with Gasteiger partial charge < -0.3 is 10.6 Å². The largest absolute Gasteiger partial charge is 0.346 e. The number of hydrogen-bond acceptors (Lipinski definition) is 4. The van der Waals surface area contributed by atoms with Crippen LogP contribution in [-0.2, 0) is 16.0 Å². The summed E-state index contributed by atoms with van der Waals surface area (Å²) in [5.41, 5.74) is 1.92. The third kappa shape index (κ3) is 5.78. The Morgan fingerprint density at radius 1 is 1.07 bits per heavy atom. The topological polar surface area (TPSA) is 64.7 Å².